The highest BCUT2D eigenvalue weighted by atomic mass is 32.1. The smallest absolute Gasteiger partial charge is 0.0633 e. The Kier molecular flexibility index (Phi) is 7.56. The number of hydrogen-bond acceptors (Lipinski definition) is 1. The lowest BCUT2D eigenvalue weighted by Gasteiger charge is -2.19. The van der Waals surface area contributed by atoms with Gasteiger partial charge in [-0.05, 0) is 83.4 Å². The van der Waals surface area contributed by atoms with Gasteiger partial charge in [-0.1, -0.05) is 158 Å². The maximum absolute atomic E-state index is 2.57. The lowest BCUT2D eigenvalue weighted by Crippen LogP contribution is -2.00. The first-order chi connectivity index (χ1) is 31.8. The number of nitrogens with zero attached hydrogens (tertiary/aromatic N) is 3. The van der Waals surface area contributed by atoms with Gasteiger partial charge >= 0.3 is 0 Å². The normalized spacial score (nSPS) is 12.1. The van der Waals surface area contributed by atoms with Gasteiger partial charge in [0.05, 0.1) is 38.8 Å². The second-order valence-corrected chi connectivity index (χ2v) is 17.9. The van der Waals surface area contributed by atoms with Crippen LogP contribution in [0.4, 0.5) is 0 Å². The average molecular weight is 832 g/mol. The summed E-state index contributed by atoms with van der Waals surface area (Å²) >= 11 is 1.87. The summed E-state index contributed by atoms with van der Waals surface area (Å²) in [5.74, 6) is 0. The number of para-hydroxylation sites is 4. The molecule has 0 saturated heterocycles. The Hall–Kier alpha value is -8.18. The topological polar surface area (TPSA) is 14.8 Å². The predicted molar refractivity (Wildman–Crippen MR) is 273 cm³/mol. The maximum Gasteiger partial charge on any atom is 0.0633 e. The third-order valence-corrected chi connectivity index (χ3v) is 14.6. The van der Waals surface area contributed by atoms with Gasteiger partial charge in [-0.15, -0.1) is 11.3 Å². The summed E-state index contributed by atoms with van der Waals surface area (Å²) in [6, 6.07) is 82.8. The Morgan fingerprint density at radius 2 is 0.750 bits per heavy atom. The fraction of sp³-hybridized carbons (Fsp3) is 0. The summed E-state index contributed by atoms with van der Waals surface area (Å²) < 4.78 is 10.0. The van der Waals surface area contributed by atoms with Crippen molar-refractivity contribution in [3.8, 4) is 39.3 Å². The highest BCUT2D eigenvalue weighted by Gasteiger charge is 2.24. The van der Waals surface area contributed by atoms with Gasteiger partial charge in [0.25, 0.3) is 0 Å². The van der Waals surface area contributed by atoms with Gasteiger partial charge in [0, 0.05) is 69.4 Å². The van der Waals surface area contributed by atoms with Crippen LogP contribution in [0.3, 0.4) is 0 Å². The summed E-state index contributed by atoms with van der Waals surface area (Å²) in [7, 11) is 0. The molecule has 298 valence electrons. The Labute approximate surface area is 372 Å². The van der Waals surface area contributed by atoms with E-state index >= 15 is 0 Å². The Morgan fingerprint density at radius 1 is 0.266 bits per heavy atom. The van der Waals surface area contributed by atoms with Crippen LogP contribution in [0.5, 0.6) is 0 Å². The second-order valence-electron chi connectivity index (χ2n) is 16.8. The number of thiophene rings is 1. The number of hydrogen-bond donors (Lipinski definition) is 0. The molecule has 0 unspecified atom stereocenters. The predicted octanol–water partition coefficient (Wildman–Crippen LogP) is 16.7. The minimum absolute atomic E-state index is 1.13. The van der Waals surface area contributed by atoms with Crippen LogP contribution in [0.15, 0.2) is 224 Å². The van der Waals surface area contributed by atoms with Crippen LogP contribution in [0.25, 0.3) is 125 Å². The van der Waals surface area contributed by atoms with Crippen molar-refractivity contribution in [1.29, 1.82) is 0 Å². The molecule has 4 heteroatoms. The highest BCUT2D eigenvalue weighted by Crippen LogP contribution is 2.47. The summed E-state index contributed by atoms with van der Waals surface area (Å²) in [4.78, 5) is 0. The van der Waals surface area contributed by atoms with Gasteiger partial charge in [-0.2, -0.15) is 0 Å². The molecule has 0 amide bonds. The zero-order valence-electron chi connectivity index (χ0n) is 34.6. The number of rotatable bonds is 5. The van der Waals surface area contributed by atoms with Crippen LogP contribution in [0.1, 0.15) is 0 Å². The summed E-state index contributed by atoms with van der Waals surface area (Å²) in [6.07, 6.45) is 0. The van der Waals surface area contributed by atoms with E-state index in [2.05, 4.69) is 238 Å². The Bertz CT molecular complexity index is 4140. The monoisotopic (exact) mass is 831 g/mol. The number of benzene rings is 10. The standard InChI is InChI=1S/C60H37N3S/c1-2-16-38(17-3-1)41-18-4-5-19-42(41)48-33-35-58-59(49-24-10-15-29-57(49)64-58)60(48)63-54-28-14-8-22-45(54)47-32-30-40(37-56(47)63)62-53-27-13-9-23-46(53)50-36-39(31-34-55(50)62)61-51-25-11-6-20-43(51)44-21-7-12-26-52(44)61/h1-37H. The number of fused-ring (bicyclic) bond motifs is 12. The van der Waals surface area contributed by atoms with Crippen LogP contribution < -0.4 is 0 Å². The molecule has 4 heterocycles. The van der Waals surface area contributed by atoms with E-state index in [1.165, 1.54) is 114 Å². The van der Waals surface area contributed by atoms with Gasteiger partial charge in [0.15, 0.2) is 0 Å². The Morgan fingerprint density at radius 3 is 1.42 bits per heavy atom. The van der Waals surface area contributed by atoms with E-state index in [0.717, 1.165) is 11.4 Å². The van der Waals surface area contributed by atoms with E-state index in [9.17, 15) is 0 Å². The van der Waals surface area contributed by atoms with Crippen molar-refractivity contribution in [3.05, 3.63) is 224 Å². The van der Waals surface area contributed by atoms with Crippen molar-refractivity contribution in [3.63, 3.8) is 0 Å². The first-order valence-electron chi connectivity index (χ1n) is 21.9. The molecule has 0 aliphatic heterocycles. The van der Waals surface area contributed by atoms with E-state index in [4.69, 9.17) is 0 Å². The maximum atomic E-state index is 2.57. The van der Waals surface area contributed by atoms with Crippen LogP contribution in [-0.2, 0) is 0 Å². The molecular formula is C60H37N3S. The zero-order valence-corrected chi connectivity index (χ0v) is 35.4. The summed E-state index contributed by atoms with van der Waals surface area (Å²) in [6.45, 7) is 0. The molecule has 0 aliphatic rings. The lowest BCUT2D eigenvalue weighted by atomic mass is 9.92. The highest BCUT2D eigenvalue weighted by molar-refractivity contribution is 7.25. The zero-order chi connectivity index (χ0) is 41.9. The fourth-order valence-electron chi connectivity index (χ4n) is 10.8. The van der Waals surface area contributed by atoms with E-state index in [-0.39, 0.29) is 0 Å². The van der Waals surface area contributed by atoms with Crippen molar-refractivity contribution in [2.75, 3.05) is 0 Å². The summed E-state index contributed by atoms with van der Waals surface area (Å²) in [5, 5.41) is 10.0. The molecule has 14 rings (SSSR count). The van der Waals surface area contributed by atoms with E-state index in [0.29, 0.717) is 0 Å². The van der Waals surface area contributed by atoms with Gasteiger partial charge < -0.3 is 13.7 Å². The van der Waals surface area contributed by atoms with Crippen molar-refractivity contribution in [2.45, 2.75) is 0 Å². The van der Waals surface area contributed by atoms with Crippen LogP contribution >= 0.6 is 11.3 Å². The van der Waals surface area contributed by atoms with E-state index in [1.54, 1.807) is 0 Å². The molecule has 10 aromatic carbocycles. The molecule has 64 heavy (non-hydrogen) atoms. The molecule has 14 aromatic rings. The SMILES string of the molecule is c1ccc(-c2ccccc2-c2ccc3sc4ccccc4c3c2-n2c3ccccc3c3ccc(-n4c5ccccc5c5cc(-n6c7ccccc7c7ccccc76)ccc54)cc32)cc1. The molecule has 0 radical (unpaired) electrons. The molecule has 4 aromatic heterocycles. The first-order valence-corrected chi connectivity index (χ1v) is 22.7. The summed E-state index contributed by atoms with van der Waals surface area (Å²) in [5.41, 5.74) is 15.5. The molecule has 0 fully saturated rings. The van der Waals surface area contributed by atoms with Crippen LogP contribution in [-0.4, -0.2) is 13.7 Å². The Balaban J connectivity index is 1.06. The van der Waals surface area contributed by atoms with E-state index in [1.807, 2.05) is 11.3 Å². The van der Waals surface area contributed by atoms with Crippen LogP contribution in [0, 0.1) is 0 Å². The van der Waals surface area contributed by atoms with Gasteiger partial charge in [0.1, 0.15) is 0 Å². The second kappa shape index (κ2) is 13.7. The fourth-order valence-corrected chi connectivity index (χ4v) is 11.9. The van der Waals surface area contributed by atoms with Gasteiger partial charge in [-0.25, -0.2) is 0 Å². The molecule has 0 atom stereocenters. The lowest BCUT2D eigenvalue weighted by molar-refractivity contribution is 1.16. The third-order valence-electron chi connectivity index (χ3n) is 13.5. The molecule has 0 spiro atoms. The van der Waals surface area contributed by atoms with Crippen molar-refractivity contribution >= 4 is 96.9 Å². The minimum atomic E-state index is 1.13. The number of aromatic nitrogens is 3. The van der Waals surface area contributed by atoms with E-state index < -0.39 is 0 Å². The van der Waals surface area contributed by atoms with Gasteiger partial charge in [0.2, 0.25) is 0 Å². The van der Waals surface area contributed by atoms with Gasteiger partial charge in [-0.3, -0.25) is 0 Å². The molecular weight excluding hydrogens is 795 g/mol. The molecule has 0 aliphatic carbocycles. The quantitative estimate of drug-likeness (QED) is 0.164. The molecule has 0 bridgehead atoms. The molecule has 0 saturated carbocycles. The molecule has 3 nitrogen and oxygen atoms in total. The van der Waals surface area contributed by atoms with Crippen molar-refractivity contribution in [2.24, 2.45) is 0 Å². The molecule has 0 N–H and O–H groups in total. The minimum Gasteiger partial charge on any atom is -0.309 e. The largest absolute Gasteiger partial charge is 0.309 e. The van der Waals surface area contributed by atoms with Crippen molar-refractivity contribution < 1.29 is 0 Å². The average Bonchev–Trinajstić information content (AvgIpc) is 4.10. The van der Waals surface area contributed by atoms with Crippen molar-refractivity contribution in [1.82, 2.24) is 13.7 Å². The first kappa shape index (κ1) is 35.4. The third kappa shape index (κ3) is 5.03. The van der Waals surface area contributed by atoms with Crippen LogP contribution in [0.2, 0.25) is 0 Å².